The first kappa shape index (κ1) is 13.8. The summed E-state index contributed by atoms with van der Waals surface area (Å²) >= 11 is 5.91. The molecule has 1 saturated heterocycles. The summed E-state index contributed by atoms with van der Waals surface area (Å²) in [6.45, 7) is 4.56. The van der Waals surface area contributed by atoms with Crippen LogP contribution in [-0.2, 0) is 10.0 Å². The molecule has 0 amide bonds. The quantitative estimate of drug-likeness (QED) is 0.802. The molecule has 3 nitrogen and oxygen atoms in total. The van der Waals surface area contributed by atoms with Crippen LogP contribution in [0.2, 0.25) is 0 Å². The molecular weight excluding hydrogens is 270 g/mol. The molecule has 2 atom stereocenters. The molecule has 2 unspecified atom stereocenters. The van der Waals surface area contributed by atoms with Crippen molar-refractivity contribution in [1.82, 2.24) is 4.31 Å². The van der Waals surface area contributed by atoms with Crippen molar-refractivity contribution < 1.29 is 8.42 Å². The van der Waals surface area contributed by atoms with Crippen LogP contribution in [0.4, 0.5) is 0 Å². The summed E-state index contributed by atoms with van der Waals surface area (Å²) in [7, 11) is -3.40. The van der Waals surface area contributed by atoms with Crippen molar-refractivity contribution in [3.05, 3.63) is 29.8 Å². The fourth-order valence-electron chi connectivity index (χ4n) is 2.35. The Kier molecular flexibility index (Phi) is 3.99. The van der Waals surface area contributed by atoms with Gasteiger partial charge in [-0.1, -0.05) is 24.6 Å². The molecule has 0 aromatic heterocycles. The number of halogens is 1. The van der Waals surface area contributed by atoms with Gasteiger partial charge >= 0.3 is 0 Å². The fourth-order valence-corrected chi connectivity index (χ4v) is 4.63. The van der Waals surface area contributed by atoms with Crippen molar-refractivity contribution in [3.63, 3.8) is 0 Å². The average molecular weight is 288 g/mol. The zero-order valence-corrected chi connectivity index (χ0v) is 12.2. The number of rotatable bonds is 3. The lowest BCUT2D eigenvalue weighted by Crippen LogP contribution is -2.38. The second kappa shape index (κ2) is 5.19. The van der Waals surface area contributed by atoms with Gasteiger partial charge in [-0.05, 0) is 31.4 Å². The van der Waals surface area contributed by atoms with Crippen molar-refractivity contribution in [1.29, 1.82) is 0 Å². The van der Waals surface area contributed by atoms with Crippen molar-refractivity contribution in [2.45, 2.75) is 31.2 Å². The first-order valence-corrected chi connectivity index (χ1v) is 8.08. The van der Waals surface area contributed by atoms with E-state index < -0.39 is 10.0 Å². The molecule has 0 saturated carbocycles. The highest BCUT2D eigenvalue weighted by atomic mass is 35.5. The van der Waals surface area contributed by atoms with E-state index in [1.807, 2.05) is 19.1 Å². The predicted molar refractivity (Wildman–Crippen MR) is 73.4 cm³/mol. The Balaban J connectivity index is 2.34. The molecule has 0 aliphatic carbocycles. The van der Waals surface area contributed by atoms with E-state index in [1.165, 1.54) is 0 Å². The van der Waals surface area contributed by atoms with Gasteiger partial charge in [0, 0.05) is 18.5 Å². The summed E-state index contributed by atoms with van der Waals surface area (Å²) in [4.78, 5) is 0.359. The number of alkyl halides is 1. The van der Waals surface area contributed by atoms with Gasteiger partial charge in [-0.2, -0.15) is 4.31 Å². The Morgan fingerprint density at radius 2 is 1.94 bits per heavy atom. The topological polar surface area (TPSA) is 37.4 Å². The second-order valence-corrected chi connectivity index (χ2v) is 7.12. The van der Waals surface area contributed by atoms with E-state index >= 15 is 0 Å². The van der Waals surface area contributed by atoms with Crippen molar-refractivity contribution >= 4 is 21.6 Å². The standard InChI is InChI=1S/C13H18ClNO2S/c1-10-3-5-12(6-4-10)18(16,17)15-8-7-11(2)13(15)9-14/h3-6,11,13H,7-9H2,1-2H3. The predicted octanol–water partition coefficient (Wildman–Crippen LogP) is 2.63. The highest BCUT2D eigenvalue weighted by molar-refractivity contribution is 7.89. The van der Waals surface area contributed by atoms with Crippen LogP contribution >= 0.6 is 11.6 Å². The maximum Gasteiger partial charge on any atom is 0.243 e. The van der Waals surface area contributed by atoms with Gasteiger partial charge in [0.15, 0.2) is 0 Å². The maximum absolute atomic E-state index is 12.5. The molecule has 0 spiro atoms. The van der Waals surface area contributed by atoms with Crippen LogP contribution in [0.3, 0.4) is 0 Å². The normalized spacial score (nSPS) is 25.5. The minimum absolute atomic E-state index is 0.0852. The van der Waals surface area contributed by atoms with E-state index in [-0.39, 0.29) is 6.04 Å². The summed E-state index contributed by atoms with van der Waals surface area (Å²) in [5.41, 5.74) is 1.05. The summed E-state index contributed by atoms with van der Waals surface area (Å²) in [6, 6.07) is 6.89. The zero-order chi connectivity index (χ0) is 13.3. The van der Waals surface area contributed by atoms with Gasteiger partial charge in [0.05, 0.1) is 4.90 Å². The lowest BCUT2D eigenvalue weighted by atomic mass is 10.1. The number of hydrogen-bond donors (Lipinski definition) is 0. The monoisotopic (exact) mass is 287 g/mol. The Hall–Kier alpha value is -0.580. The van der Waals surface area contributed by atoms with Crippen LogP contribution in [-0.4, -0.2) is 31.2 Å². The molecular formula is C13H18ClNO2S. The third-order valence-corrected chi connectivity index (χ3v) is 5.87. The van der Waals surface area contributed by atoms with Crippen LogP contribution in [0.5, 0.6) is 0 Å². The van der Waals surface area contributed by atoms with Gasteiger partial charge in [0.2, 0.25) is 10.0 Å². The lowest BCUT2D eigenvalue weighted by molar-refractivity contribution is 0.375. The first-order chi connectivity index (χ1) is 8.46. The molecule has 1 aliphatic rings. The summed E-state index contributed by atoms with van der Waals surface area (Å²) in [5.74, 6) is 0.675. The first-order valence-electron chi connectivity index (χ1n) is 6.11. The number of benzene rings is 1. The van der Waals surface area contributed by atoms with Gasteiger partial charge in [-0.25, -0.2) is 8.42 Å². The largest absolute Gasteiger partial charge is 0.243 e. The number of nitrogens with zero attached hydrogens (tertiary/aromatic N) is 1. The molecule has 0 bridgehead atoms. The van der Waals surface area contributed by atoms with Gasteiger partial charge in [0.25, 0.3) is 0 Å². The third-order valence-electron chi connectivity index (χ3n) is 3.62. The van der Waals surface area contributed by atoms with E-state index in [9.17, 15) is 8.42 Å². The van der Waals surface area contributed by atoms with Crippen molar-refractivity contribution in [2.24, 2.45) is 5.92 Å². The van der Waals surface area contributed by atoms with Crippen LogP contribution in [0, 0.1) is 12.8 Å². The van der Waals surface area contributed by atoms with Crippen LogP contribution in [0.1, 0.15) is 18.9 Å². The van der Waals surface area contributed by atoms with Gasteiger partial charge in [0.1, 0.15) is 0 Å². The minimum Gasteiger partial charge on any atom is -0.207 e. The fraction of sp³-hybridized carbons (Fsp3) is 0.538. The Morgan fingerprint density at radius 3 is 2.50 bits per heavy atom. The molecule has 5 heteroatoms. The highest BCUT2D eigenvalue weighted by Crippen LogP contribution is 2.30. The molecule has 100 valence electrons. The van der Waals surface area contributed by atoms with Crippen LogP contribution in [0.25, 0.3) is 0 Å². The van der Waals surface area contributed by atoms with E-state index in [0.717, 1.165) is 12.0 Å². The average Bonchev–Trinajstić information content (AvgIpc) is 2.71. The van der Waals surface area contributed by atoms with Crippen LogP contribution < -0.4 is 0 Å². The van der Waals surface area contributed by atoms with Crippen LogP contribution in [0.15, 0.2) is 29.2 Å². The molecule has 1 aromatic carbocycles. The Bertz CT molecular complexity index is 512. The van der Waals surface area contributed by atoms with Gasteiger partial charge < -0.3 is 0 Å². The van der Waals surface area contributed by atoms with E-state index in [4.69, 9.17) is 11.6 Å². The molecule has 2 rings (SSSR count). The van der Waals surface area contributed by atoms with Gasteiger partial charge in [-0.15, -0.1) is 11.6 Å². The smallest absolute Gasteiger partial charge is 0.207 e. The molecule has 0 N–H and O–H groups in total. The maximum atomic E-state index is 12.5. The van der Waals surface area contributed by atoms with E-state index in [0.29, 0.717) is 23.2 Å². The Morgan fingerprint density at radius 1 is 1.33 bits per heavy atom. The second-order valence-electron chi connectivity index (χ2n) is 4.92. The minimum atomic E-state index is -3.40. The van der Waals surface area contributed by atoms with E-state index in [1.54, 1.807) is 16.4 Å². The van der Waals surface area contributed by atoms with Crippen molar-refractivity contribution in [2.75, 3.05) is 12.4 Å². The molecule has 1 aliphatic heterocycles. The number of sulfonamides is 1. The zero-order valence-electron chi connectivity index (χ0n) is 10.6. The summed E-state index contributed by atoms with van der Waals surface area (Å²) < 4.78 is 26.6. The molecule has 1 aromatic rings. The van der Waals surface area contributed by atoms with Gasteiger partial charge in [-0.3, -0.25) is 0 Å². The molecule has 1 fully saturated rings. The molecule has 0 radical (unpaired) electrons. The summed E-state index contributed by atoms with van der Waals surface area (Å²) in [6.07, 6.45) is 0.877. The lowest BCUT2D eigenvalue weighted by Gasteiger charge is -2.24. The van der Waals surface area contributed by atoms with Crippen molar-refractivity contribution in [3.8, 4) is 0 Å². The SMILES string of the molecule is Cc1ccc(S(=O)(=O)N2CCC(C)C2CCl)cc1. The number of aryl methyl sites for hydroxylation is 1. The molecule has 1 heterocycles. The number of hydrogen-bond acceptors (Lipinski definition) is 2. The summed E-state index contributed by atoms with van der Waals surface area (Å²) in [5, 5.41) is 0. The molecule has 18 heavy (non-hydrogen) atoms. The third kappa shape index (κ3) is 2.42. The van der Waals surface area contributed by atoms with E-state index in [2.05, 4.69) is 6.92 Å². The Labute approximate surface area is 114 Å². The highest BCUT2D eigenvalue weighted by Gasteiger charge is 2.38.